The number of sulfone groups is 1. The summed E-state index contributed by atoms with van der Waals surface area (Å²) in [5.41, 5.74) is 0.639. The molecule has 3 nitrogen and oxygen atoms in total. The van der Waals surface area contributed by atoms with Crippen LogP contribution in [0.25, 0.3) is 0 Å². The van der Waals surface area contributed by atoms with Crippen molar-refractivity contribution in [1.82, 2.24) is 0 Å². The van der Waals surface area contributed by atoms with E-state index in [1.54, 1.807) is 30.3 Å². The van der Waals surface area contributed by atoms with Gasteiger partial charge in [0.15, 0.2) is 15.6 Å². The standard InChI is InChI=1S/C12H12O3S/c13-12(11-4-2-1-3-5-11)8-10-6-7-16(14,15)9-10/h1-7,10H,8-9H2/t10-/m0/s1. The Hall–Kier alpha value is -1.42. The highest BCUT2D eigenvalue weighted by atomic mass is 32.2. The normalized spacial score (nSPS) is 22.1. The summed E-state index contributed by atoms with van der Waals surface area (Å²) in [6.07, 6.45) is 1.87. The number of benzene rings is 1. The molecule has 0 saturated heterocycles. The molecule has 0 radical (unpaired) electrons. The lowest BCUT2D eigenvalue weighted by Crippen LogP contribution is -2.11. The molecule has 4 heteroatoms. The molecule has 0 unspecified atom stereocenters. The van der Waals surface area contributed by atoms with E-state index in [0.717, 1.165) is 0 Å². The zero-order valence-electron chi connectivity index (χ0n) is 8.67. The van der Waals surface area contributed by atoms with Gasteiger partial charge in [0.2, 0.25) is 0 Å². The summed E-state index contributed by atoms with van der Waals surface area (Å²) < 4.78 is 22.3. The second-order valence-corrected chi connectivity index (χ2v) is 5.84. The molecule has 1 atom stereocenters. The van der Waals surface area contributed by atoms with E-state index in [0.29, 0.717) is 5.56 Å². The Balaban J connectivity index is 2.03. The lowest BCUT2D eigenvalue weighted by molar-refractivity contribution is 0.0972. The molecule has 2 rings (SSSR count). The van der Waals surface area contributed by atoms with Gasteiger partial charge in [-0.15, -0.1) is 0 Å². The van der Waals surface area contributed by atoms with Crippen LogP contribution < -0.4 is 0 Å². The Bertz CT molecular complexity index is 514. The van der Waals surface area contributed by atoms with E-state index in [1.165, 1.54) is 5.41 Å². The van der Waals surface area contributed by atoms with Crippen LogP contribution in [-0.4, -0.2) is 20.0 Å². The molecule has 0 amide bonds. The topological polar surface area (TPSA) is 51.2 Å². The number of hydrogen-bond donors (Lipinski definition) is 0. The Morgan fingerprint density at radius 2 is 1.94 bits per heavy atom. The molecule has 16 heavy (non-hydrogen) atoms. The molecule has 0 aliphatic carbocycles. The van der Waals surface area contributed by atoms with Crippen LogP contribution in [0.4, 0.5) is 0 Å². The molecule has 1 aromatic carbocycles. The fourth-order valence-corrected chi connectivity index (χ4v) is 3.15. The van der Waals surface area contributed by atoms with E-state index in [1.807, 2.05) is 6.07 Å². The second kappa shape index (κ2) is 4.22. The Labute approximate surface area is 94.7 Å². The van der Waals surface area contributed by atoms with Gasteiger partial charge in [0.05, 0.1) is 5.75 Å². The molecule has 1 aliphatic heterocycles. The first-order valence-electron chi connectivity index (χ1n) is 5.06. The summed E-state index contributed by atoms with van der Waals surface area (Å²) >= 11 is 0. The highest BCUT2D eigenvalue weighted by molar-refractivity contribution is 7.94. The van der Waals surface area contributed by atoms with Crippen LogP contribution in [0.1, 0.15) is 16.8 Å². The number of ketones is 1. The average molecular weight is 236 g/mol. The van der Waals surface area contributed by atoms with E-state index in [4.69, 9.17) is 0 Å². The van der Waals surface area contributed by atoms with Crippen molar-refractivity contribution in [1.29, 1.82) is 0 Å². The molecule has 84 valence electrons. The maximum Gasteiger partial charge on any atom is 0.171 e. The van der Waals surface area contributed by atoms with Gasteiger partial charge in [-0.05, 0) is 5.92 Å². The maximum absolute atomic E-state index is 11.8. The van der Waals surface area contributed by atoms with Gasteiger partial charge in [-0.3, -0.25) is 4.79 Å². The maximum atomic E-state index is 11.8. The predicted molar refractivity (Wildman–Crippen MR) is 61.8 cm³/mol. The molecule has 0 saturated carbocycles. The summed E-state index contributed by atoms with van der Waals surface area (Å²) in [6, 6.07) is 8.94. The number of carbonyl (C=O) groups is 1. The minimum atomic E-state index is -3.06. The minimum Gasteiger partial charge on any atom is -0.294 e. The lowest BCUT2D eigenvalue weighted by Gasteiger charge is -2.05. The quantitative estimate of drug-likeness (QED) is 0.752. The molecule has 1 aliphatic rings. The van der Waals surface area contributed by atoms with Gasteiger partial charge in [-0.2, -0.15) is 0 Å². The fraction of sp³-hybridized carbons (Fsp3) is 0.250. The zero-order chi connectivity index (χ0) is 11.6. The van der Waals surface area contributed by atoms with E-state index < -0.39 is 9.84 Å². The van der Waals surface area contributed by atoms with Crippen LogP contribution >= 0.6 is 0 Å². The first kappa shape index (κ1) is 11.1. The van der Waals surface area contributed by atoms with E-state index in [2.05, 4.69) is 0 Å². The molecule has 0 N–H and O–H groups in total. The molecule has 1 aromatic rings. The Morgan fingerprint density at radius 1 is 1.25 bits per heavy atom. The van der Waals surface area contributed by atoms with Crippen LogP contribution in [0.2, 0.25) is 0 Å². The number of carbonyl (C=O) groups excluding carboxylic acids is 1. The SMILES string of the molecule is O=C(C[C@@H]1C=CS(=O)(=O)C1)c1ccccc1. The molecular formula is C12H12O3S. The molecular weight excluding hydrogens is 224 g/mol. The van der Waals surface area contributed by atoms with Crippen molar-refractivity contribution in [3.63, 3.8) is 0 Å². The van der Waals surface area contributed by atoms with Gasteiger partial charge in [-0.1, -0.05) is 36.4 Å². The van der Waals surface area contributed by atoms with Crippen molar-refractivity contribution < 1.29 is 13.2 Å². The first-order chi connectivity index (χ1) is 7.57. The number of rotatable bonds is 3. The third kappa shape index (κ3) is 2.58. The van der Waals surface area contributed by atoms with Crippen LogP contribution in [0.15, 0.2) is 41.8 Å². The highest BCUT2D eigenvalue weighted by Gasteiger charge is 2.23. The van der Waals surface area contributed by atoms with Crippen LogP contribution in [0, 0.1) is 5.92 Å². The van der Waals surface area contributed by atoms with Gasteiger partial charge in [0, 0.05) is 17.4 Å². The smallest absolute Gasteiger partial charge is 0.171 e. The van der Waals surface area contributed by atoms with Gasteiger partial charge >= 0.3 is 0 Å². The van der Waals surface area contributed by atoms with Crippen LogP contribution in [0.3, 0.4) is 0 Å². The number of Topliss-reactive ketones (excluding diaryl/α,β-unsaturated/α-hetero) is 1. The number of hydrogen-bond acceptors (Lipinski definition) is 3. The second-order valence-electron chi connectivity index (χ2n) is 3.91. The number of allylic oxidation sites excluding steroid dienone is 1. The van der Waals surface area contributed by atoms with Gasteiger partial charge in [-0.25, -0.2) is 8.42 Å². The van der Waals surface area contributed by atoms with Gasteiger partial charge < -0.3 is 0 Å². The summed E-state index contributed by atoms with van der Waals surface area (Å²) in [7, 11) is -3.06. The fourth-order valence-electron chi connectivity index (χ4n) is 1.75. The molecule has 0 fully saturated rings. The summed E-state index contributed by atoms with van der Waals surface area (Å²) in [5, 5.41) is 1.20. The van der Waals surface area contributed by atoms with Crippen molar-refractivity contribution in [3.05, 3.63) is 47.4 Å². The monoisotopic (exact) mass is 236 g/mol. The van der Waals surface area contributed by atoms with E-state index >= 15 is 0 Å². The summed E-state index contributed by atoms with van der Waals surface area (Å²) in [5.74, 6) is -0.115. The van der Waals surface area contributed by atoms with Crippen LogP contribution in [-0.2, 0) is 9.84 Å². The van der Waals surface area contributed by atoms with Crippen molar-refractivity contribution in [3.8, 4) is 0 Å². The Kier molecular flexibility index (Phi) is 2.92. The average Bonchev–Trinajstić information content (AvgIpc) is 2.59. The third-order valence-corrected chi connectivity index (χ3v) is 4.01. The van der Waals surface area contributed by atoms with Crippen LogP contribution in [0.5, 0.6) is 0 Å². The largest absolute Gasteiger partial charge is 0.294 e. The summed E-state index contributed by atoms with van der Waals surface area (Å²) in [6.45, 7) is 0. The zero-order valence-corrected chi connectivity index (χ0v) is 9.48. The van der Waals surface area contributed by atoms with E-state index in [9.17, 15) is 13.2 Å². The minimum absolute atomic E-state index is 0.00708. The Morgan fingerprint density at radius 3 is 2.50 bits per heavy atom. The highest BCUT2D eigenvalue weighted by Crippen LogP contribution is 2.20. The van der Waals surface area contributed by atoms with Gasteiger partial charge in [0.25, 0.3) is 0 Å². The van der Waals surface area contributed by atoms with Crippen molar-refractivity contribution in [2.75, 3.05) is 5.75 Å². The molecule has 0 bridgehead atoms. The molecule has 0 spiro atoms. The lowest BCUT2D eigenvalue weighted by atomic mass is 10.00. The summed E-state index contributed by atoms with van der Waals surface area (Å²) in [4.78, 5) is 11.8. The van der Waals surface area contributed by atoms with E-state index in [-0.39, 0.29) is 23.9 Å². The molecule has 0 aromatic heterocycles. The first-order valence-corrected chi connectivity index (χ1v) is 6.77. The van der Waals surface area contributed by atoms with Gasteiger partial charge in [0.1, 0.15) is 0 Å². The third-order valence-electron chi connectivity index (χ3n) is 2.55. The molecule has 1 heterocycles. The van der Waals surface area contributed by atoms with Crippen molar-refractivity contribution in [2.24, 2.45) is 5.92 Å². The van der Waals surface area contributed by atoms with Crippen molar-refractivity contribution in [2.45, 2.75) is 6.42 Å². The predicted octanol–water partition coefficient (Wildman–Crippen LogP) is 1.82. The van der Waals surface area contributed by atoms with Crippen molar-refractivity contribution >= 4 is 15.6 Å².